The van der Waals surface area contributed by atoms with Gasteiger partial charge in [-0.3, -0.25) is 0 Å². The molecular formula is C15H17F2N3. The molecule has 106 valence electrons. The number of halogens is 2. The molecule has 5 heteroatoms. The lowest BCUT2D eigenvalue weighted by molar-refractivity contribution is 0.151. The first kappa shape index (κ1) is 14.2. The van der Waals surface area contributed by atoms with Crippen molar-refractivity contribution in [3.8, 4) is 0 Å². The van der Waals surface area contributed by atoms with Crippen LogP contribution in [0, 0.1) is 0 Å². The highest BCUT2D eigenvalue weighted by Gasteiger charge is 2.06. The molecule has 20 heavy (non-hydrogen) atoms. The van der Waals surface area contributed by atoms with Crippen molar-refractivity contribution in [1.82, 2.24) is 4.98 Å². The number of hydrogen-bond acceptors (Lipinski definition) is 3. The van der Waals surface area contributed by atoms with Gasteiger partial charge >= 0.3 is 0 Å². The maximum absolute atomic E-state index is 12.6. The molecule has 0 aliphatic carbocycles. The van der Waals surface area contributed by atoms with E-state index in [1.165, 1.54) is 12.1 Å². The summed E-state index contributed by atoms with van der Waals surface area (Å²) < 4.78 is 25.2. The third-order valence-corrected chi connectivity index (χ3v) is 2.91. The molecule has 1 aromatic heterocycles. The minimum atomic E-state index is -2.43. The summed E-state index contributed by atoms with van der Waals surface area (Å²) in [6.45, 7) is 0.490. The summed E-state index contributed by atoms with van der Waals surface area (Å²) in [5.41, 5.74) is 1.72. The number of alkyl halides is 2. The van der Waals surface area contributed by atoms with Crippen LogP contribution in [0.1, 0.15) is 17.6 Å². The van der Waals surface area contributed by atoms with E-state index in [0.717, 1.165) is 17.1 Å². The van der Waals surface area contributed by atoms with Crippen LogP contribution >= 0.6 is 0 Å². The predicted molar refractivity (Wildman–Crippen MR) is 77.3 cm³/mol. The summed E-state index contributed by atoms with van der Waals surface area (Å²) in [6, 6.07) is 10.2. The van der Waals surface area contributed by atoms with E-state index in [1.807, 2.05) is 37.2 Å². The third kappa shape index (κ3) is 3.66. The van der Waals surface area contributed by atoms with E-state index in [0.29, 0.717) is 6.54 Å². The van der Waals surface area contributed by atoms with E-state index in [4.69, 9.17) is 0 Å². The smallest absolute Gasteiger partial charge is 0.263 e. The topological polar surface area (TPSA) is 28.2 Å². The monoisotopic (exact) mass is 277 g/mol. The highest BCUT2D eigenvalue weighted by atomic mass is 19.3. The second-order valence-electron chi connectivity index (χ2n) is 4.70. The fourth-order valence-corrected chi connectivity index (χ4v) is 1.80. The molecule has 2 rings (SSSR count). The zero-order valence-electron chi connectivity index (χ0n) is 11.5. The predicted octanol–water partition coefficient (Wildman–Crippen LogP) is 3.70. The second-order valence-corrected chi connectivity index (χ2v) is 4.70. The molecule has 0 spiro atoms. The molecule has 0 aliphatic heterocycles. The van der Waals surface area contributed by atoms with Gasteiger partial charge in [-0.25, -0.2) is 13.8 Å². The maximum Gasteiger partial charge on any atom is 0.263 e. The Bertz CT molecular complexity index is 553. The molecule has 0 fully saturated rings. The van der Waals surface area contributed by atoms with E-state index in [9.17, 15) is 8.78 Å². The molecule has 0 radical (unpaired) electrons. The third-order valence-electron chi connectivity index (χ3n) is 2.91. The molecular weight excluding hydrogens is 260 g/mol. The summed E-state index contributed by atoms with van der Waals surface area (Å²) in [4.78, 5) is 6.19. The molecule has 1 heterocycles. The summed E-state index contributed by atoms with van der Waals surface area (Å²) >= 11 is 0. The van der Waals surface area contributed by atoms with Crippen molar-refractivity contribution in [3.05, 3.63) is 53.7 Å². The fraction of sp³-hybridized carbons (Fsp3) is 0.267. The maximum atomic E-state index is 12.6. The number of pyridine rings is 1. The average molecular weight is 277 g/mol. The molecule has 0 atom stereocenters. The number of anilines is 2. The van der Waals surface area contributed by atoms with Crippen LogP contribution in [0.15, 0.2) is 42.6 Å². The summed E-state index contributed by atoms with van der Waals surface area (Å²) in [6.07, 6.45) is -0.706. The Morgan fingerprint density at radius 1 is 1.20 bits per heavy atom. The Morgan fingerprint density at radius 2 is 2.00 bits per heavy atom. The van der Waals surface area contributed by atoms with Crippen molar-refractivity contribution in [2.45, 2.75) is 13.0 Å². The van der Waals surface area contributed by atoms with Crippen LogP contribution in [0.4, 0.5) is 20.3 Å². The first-order chi connectivity index (χ1) is 9.56. The van der Waals surface area contributed by atoms with Crippen molar-refractivity contribution < 1.29 is 8.78 Å². The molecule has 0 aliphatic rings. The minimum absolute atomic E-state index is 0.0466. The van der Waals surface area contributed by atoms with Gasteiger partial charge in [0.15, 0.2) is 0 Å². The molecule has 1 aromatic carbocycles. The van der Waals surface area contributed by atoms with Crippen molar-refractivity contribution in [1.29, 1.82) is 0 Å². The van der Waals surface area contributed by atoms with Gasteiger partial charge in [0, 0.05) is 26.2 Å². The van der Waals surface area contributed by atoms with Crippen LogP contribution in [0.25, 0.3) is 0 Å². The molecule has 0 unspecified atom stereocenters. The van der Waals surface area contributed by atoms with Gasteiger partial charge in [-0.2, -0.15) is 0 Å². The second kappa shape index (κ2) is 6.32. The molecule has 0 saturated carbocycles. The van der Waals surface area contributed by atoms with Gasteiger partial charge in [0.25, 0.3) is 6.43 Å². The van der Waals surface area contributed by atoms with Crippen molar-refractivity contribution >= 4 is 11.5 Å². The lowest BCUT2D eigenvalue weighted by Crippen LogP contribution is -2.10. The van der Waals surface area contributed by atoms with E-state index >= 15 is 0 Å². The molecule has 1 N–H and O–H groups in total. The van der Waals surface area contributed by atoms with Crippen LogP contribution < -0.4 is 10.2 Å². The number of nitrogens with zero attached hydrogens (tertiary/aromatic N) is 2. The zero-order valence-corrected chi connectivity index (χ0v) is 11.5. The van der Waals surface area contributed by atoms with E-state index in [-0.39, 0.29) is 5.56 Å². The molecule has 3 nitrogen and oxygen atoms in total. The lowest BCUT2D eigenvalue weighted by Gasteiger charge is -2.12. The van der Waals surface area contributed by atoms with E-state index in [1.54, 1.807) is 12.3 Å². The quantitative estimate of drug-likeness (QED) is 0.903. The van der Waals surface area contributed by atoms with Gasteiger partial charge in [-0.15, -0.1) is 0 Å². The van der Waals surface area contributed by atoms with E-state index < -0.39 is 6.43 Å². The Morgan fingerprint density at radius 3 is 2.60 bits per heavy atom. The van der Waals surface area contributed by atoms with Gasteiger partial charge in [0.1, 0.15) is 5.82 Å². The van der Waals surface area contributed by atoms with Crippen LogP contribution in [0.5, 0.6) is 0 Å². The molecule has 2 aromatic rings. The van der Waals surface area contributed by atoms with Crippen LogP contribution in [-0.4, -0.2) is 19.1 Å². The number of hydrogen-bond donors (Lipinski definition) is 1. The van der Waals surface area contributed by atoms with Gasteiger partial charge in [0.05, 0.1) is 11.9 Å². The van der Waals surface area contributed by atoms with Gasteiger partial charge < -0.3 is 10.2 Å². The highest BCUT2D eigenvalue weighted by molar-refractivity contribution is 5.48. The van der Waals surface area contributed by atoms with E-state index in [2.05, 4.69) is 10.3 Å². The summed E-state index contributed by atoms with van der Waals surface area (Å²) in [7, 11) is 3.84. The first-order valence-electron chi connectivity index (χ1n) is 6.30. The van der Waals surface area contributed by atoms with Crippen LogP contribution in [0.3, 0.4) is 0 Å². The number of nitrogens with one attached hydrogen (secondary N) is 1. The molecule has 0 bridgehead atoms. The average Bonchev–Trinajstić information content (AvgIpc) is 2.46. The van der Waals surface area contributed by atoms with Crippen LogP contribution in [0.2, 0.25) is 0 Å². The Kier molecular flexibility index (Phi) is 4.50. The normalized spacial score (nSPS) is 10.7. The van der Waals surface area contributed by atoms with Crippen molar-refractivity contribution in [3.63, 3.8) is 0 Å². The van der Waals surface area contributed by atoms with Crippen molar-refractivity contribution in [2.24, 2.45) is 0 Å². The van der Waals surface area contributed by atoms with Gasteiger partial charge in [-0.1, -0.05) is 18.2 Å². The largest absolute Gasteiger partial charge is 0.380 e. The SMILES string of the molecule is CN(C)c1ccc(NCc2cccc(C(F)F)c2)cn1. The summed E-state index contributed by atoms with van der Waals surface area (Å²) in [5.74, 6) is 0.871. The number of aromatic nitrogens is 1. The lowest BCUT2D eigenvalue weighted by atomic mass is 10.1. The van der Waals surface area contributed by atoms with Gasteiger partial charge in [0.2, 0.25) is 0 Å². The highest BCUT2D eigenvalue weighted by Crippen LogP contribution is 2.20. The van der Waals surface area contributed by atoms with Crippen LogP contribution in [-0.2, 0) is 6.54 Å². The number of benzene rings is 1. The van der Waals surface area contributed by atoms with Crippen molar-refractivity contribution in [2.75, 3.05) is 24.3 Å². The molecule has 0 saturated heterocycles. The first-order valence-corrected chi connectivity index (χ1v) is 6.30. The van der Waals surface area contributed by atoms with Gasteiger partial charge in [-0.05, 0) is 23.8 Å². The number of rotatable bonds is 5. The minimum Gasteiger partial charge on any atom is -0.380 e. The Labute approximate surface area is 117 Å². The molecule has 0 amide bonds. The summed E-state index contributed by atoms with van der Waals surface area (Å²) in [5, 5.41) is 3.17. The zero-order chi connectivity index (χ0) is 14.5. The Hall–Kier alpha value is -2.17. The Balaban J connectivity index is 1.99. The standard InChI is InChI=1S/C15H17F2N3/c1-20(2)14-7-6-13(10-19-14)18-9-11-4-3-5-12(8-11)15(16)17/h3-8,10,15,18H,9H2,1-2H3. The fourth-order valence-electron chi connectivity index (χ4n) is 1.80.